The lowest BCUT2D eigenvalue weighted by Crippen LogP contribution is -2.35. The number of carbonyl (C=O) groups excluding carboxylic acids is 1. The van der Waals surface area contributed by atoms with Crippen LogP contribution in [0, 0.1) is 5.41 Å². The maximum absolute atomic E-state index is 12.6. The van der Waals surface area contributed by atoms with Gasteiger partial charge in [0.2, 0.25) is 5.91 Å². The number of nitrogens with zero attached hydrogens (tertiary/aromatic N) is 1. The molecule has 0 saturated carbocycles. The van der Waals surface area contributed by atoms with E-state index < -0.39 is 0 Å². The molecule has 0 aromatic carbocycles. The molecule has 1 atom stereocenters. The highest BCUT2D eigenvalue weighted by molar-refractivity contribution is 5.86. The van der Waals surface area contributed by atoms with Crippen LogP contribution in [0.25, 0.3) is 0 Å². The Hall–Kier alpha value is -1.49. The van der Waals surface area contributed by atoms with Crippen LogP contribution in [0.5, 0.6) is 0 Å². The molecular formula is C13H24N4O. The molecule has 1 amide bonds. The normalized spacial score (nSPS) is 25.3. The standard InChI is InChI=1S/C13H24N4O/c1-2-4-13(5-8-15)6-9-17(12(13)18)11(10-16)3-7-14/h3,7,10H,2,4-6,8-9,14-16H2,1H3/b7-3-,11-10+. The van der Waals surface area contributed by atoms with Gasteiger partial charge in [-0.05, 0) is 38.1 Å². The number of rotatable bonds is 6. The molecule has 0 radical (unpaired) electrons. The summed E-state index contributed by atoms with van der Waals surface area (Å²) in [6, 6.07) is 0. The largest absolute Gasteiger partial charge is 0.405 e. The van der Waals surface area contributed by atoms with Gasteiger partial charge in [-0.2, -0.15) is 0 Å². The van der Waals surface area contributed by atoms with Crippen molar-refractivity contribution in [3.63, 3.8) is 0 Å². The summed E-state index contributed by atoms with van der Waals surface area (Å²) in [6.45, 7) is 3.31. The first kappa shape index (κ1) is 14.6. The molecule has 1 aliphatic heterocycles. The monoisotopic (exact) mass is 252 g/mol. The zero-order chi connectivity index (χ0) is 13.6. The van der Waals surface area contributed by atoms with Gasteiger partial charge in [0, 0.05) is 12.7 Å². The second-order valence-corrected chi connectivity index (χ2v) is 4.73. The number of hydrogen-bond acceptors (Lipinski definition) is 4. The Morgan fingerprint density at radius 2 is 2.17 bits per heavy atom. The van der Waals surface area contributed by atoms with Crippen molar-refractivity contribution in [1.29, 1.82) is 0 Å². The minimum absolute atomic E-state index is 0.129. The second-order valence-electron chi connectivity index (χ2n) is 4.73. The quantitative estimate of drug-likeness (QED) is 0.604. The minimum atomic E-state index is -0.305. The lowest BCUT2D eigenvalue weighted by Gasteiger charge is -2.27. The first-order valence-corrected chi connectivity index (χ1v) is 6.47. The molecule has 0 aliphatic carbocycles. The highest BCUT2D eigenvalue weighted by Gasteiger charge is 2.45. The highest BCUT2D eigenvalue weighted by atomic mass is 16.2. The van der Waals surface area contributed by atoms with Crippen LogP contribution in [-0.4, -0.2) is 23.9 Å². The van der Waals surface area contributed by atoms with E-state index in [2.05, 4.69) is 6.92 Å². The Bertz CT molecular complexity index is 343. The summed E-state index contributed by atoms with van der Waals surface area (Å²) in [5, 5.41) is 0. The summed E-state index contributed by atoms with van der Waals surface area (Å²) in [7, 11) is 0. The zero-order valence-electron chi connectivity index (χ0n) is 11.1. The smallest absolute Gasteiger partial charge is 0.233 e. The summed E-state index contributed by atoms with van der Waals surface area (Å²) in [5.41, 5.74) is 16.9. The third-order valence-corrected chi connectivity index (χ3v) is 3.61. The molecule has 0 spiro atoms. The van der Waals surface area contributed by atoms with Crippen molar-refractivity contribution in [2.24, 2.45) is 22.6 Å². The van der Waals surface area contributed by atoms with Crippen LogP contribution in [0.2, 0.25) is 0 Å². The van der Waals surface area contributed by atoms with E-state index in [1.54, 1.807) is 11.0 Å². The number of nitrogens with two attached hydrogens (primary N) is 3. The summed E-state index contributed by atoms with van der Waals surface area (Å²) in [4.78, 5) is 14.3. The number of allylic oxidation sites excluding steroid dienone is 1. The van der Waals surface area contributed by atoms with E-state index in [0.29, 0.717) is 18.8 Å². The molecule has 1 aliphatic rings. The van der Waals surface area contributed by atoms with Crippen LogP contribution in [0.3, 0.4) is 0 Å². The lowest BCUT2D eigenvalue weighted by atomic mass is 9.79. The molecule has 0 aromatic rings. The minimum Gasteiger partial charge on any atom is -0.405 e. The predicted molar refractivity (Wildman–Crippen MR) is 72.9 cm³/mol. The van der Waals surface area contributed by atoms with Gasteiger partial charge in [-0.15, -0.1) is 0 Å². The van der Waals surface area contributed by atoms with E-state index in [-0.39, 0.29) is 11.3 Å². The summed E-state index contributed by atoms with van der Waals surface area (Å²) < 4.78 is 0. The highest BCUT2D eigenvalue weighted by Crippen LogP contribution is 2.40. The van der Waals surface area contributed by atoms with Gasteiger partial charge in [-0.3, -0.25) is 4.79 Å². The first-order chi connectivity index (χ1) is 8.65. The van der Waals surface area contributed by atoms with E-state index in [0.717, 1.165) is 25.7 Å². The number of amides is 1. The molecule has 18 heavy (non-hydrogen) atoms. The van der Waals surface area contributed by atoms with E-state index in [4.69, 9.17) is 17.2 Å². The molecule has 0 bridgehead atoms. The Morgan fingerprint density at radius 3 is 2.67 bits per heavy atom. The predicted octanol–water partition coefficient (Wildman–Crippen LogP) is 0.627. The number of carbonyl (C=O) groups is 1. The Morgan fingerprint density at radius 1 is 1.44 bits per heavy atom. The number of hydrogen-bond donors (Lipinski definition) is 3. The molecule has 1 fully saturated rings. The van der Waals surface area contributed by atoms with Crippen LogP contribution in [0.15, 0.2) is 24.2 Å². The Balaban J connectivity index is 2.93. The van der Waals surface area contributed by atoms with Crippen LogP contribution < -0.4 is 17.2 Å². The van der Waals surface area contributed by atoms with Crippen molar-refractivity contribution in [1.82, 2.24) is 4.90 Å². The van der Waals surface area contributed by atoms with Gasteiger partial charge in [-0.25, -0.2) is 0 Å². The maximum atomic E-state index is 12.6. The van der Waals surface area contributed by atoms with Crippen LogP contribution in [0.4, 0.5) is 0 Å². The number of likely N-dealkylation sites (tertiary alicyclic amines) is 1. The molecule has 0 aromatic heterocycles. The van der Waals surface area contributed by atoms with Crippen molar-refractivity contribution >= 4 is 5.91 Å². The molecule has 5 heteroatoms. The molecule has 1 saturated heterocycles. The summed E-state index contributed by atoms with van der Waals surface area (Å²) >= 11 is 0. The summed E-state index contributed by atoms with van der Waals surface area (Å²) in [5.74, 6) is 0.129. The van der Waals surface area contributed by atoms with Crippen molar-refractivity contribution in [3.8, 4) is 0 Å². The van der Waals surface area contributed by atoms with Crippen LogP contribution in [0.1, 0.15) is 32.6 Å². The maximum Gasteiger partial charge on any atom is 0.233 e. The van der Waals surface area contributed by atoms with E-state index in [9.17, 15) is 4.79 Å². The fourth-order valence-electron chi connectivity index (χ4n) is 2.74. The van der Waals surface area contributed by atoms with E-state index in [1.807, 2.05) is 0 Å². The van der Waals surface area contributed by atoms with Gasteiger partial charge in [0.1, 0.15) is 0 Å². The SMILES string of the molecule is CCCC1(CCN)CCN(C(/C=C\N)=C/N)C1=O. The van der Waals surface area contributed by atoms with Crippen LogP contribution in [-0.2, 0) is 4.79 Å². The van der Waals surface area contributed by atoms with Crippen molar-refractivity contribution in [2.75, 3.05) is 13.1 Å². The first-order valence-electron chi connectivity index (χ1n) is 6.47. The molecule has 1 rings (SSSR count). The summed E-state index contributed by atoms with van der Waals surface area (Å²) in [6.07, 6.45) is 7.91. The van der Waals surface area contributed by atoms with Gasteiger partial charge in [0.15, 0.2) is 0 Å². The fraction of sp³-hybridized carbons (Fsp3) is 0.615. The van der Waals surface area contributed by atoms with Gasteiger partial charge in [-0.1, -0.05) is 13.3 Å². The third-order valence-electron chi connectivity index (χ3n) is 3.61. The fourth-order valence-corrected chi connectivity index (χ4v) is 2.74. The lowest BCUT2D eigenvalue weighted by molar-refractivity contribution is -0.135. The molecule has 5 nitrogen and oxygen atoms in total. The van der Waals surface area contributed by atoms with Crippen molar-refractivity contribution in [2.45, 2.75) is 32.6 Å². The van der Waals surface area contributed by atoms with Gasteiger partial charge in [0.05, 0.1) is 11.1 Å². The van der Waals surface area contributed by atoms with Crippen LogP contribution >= 0.6 is 0 Å². The third kappa shape index (κ3) is 2.67. The average Bonchev–Trinajstić information content (AvgIpc) is 2.66. The Kier molecular flexibility index (Phi) is 5.22. The van der Waals surface area contributed by atoms with Gasteiger partial charge in [0.25, 0.3) is 0 Å². The molecule has 102 valence electrons. The van der Waals surface area contributed by atoms with Crippen molar-refractivity contribution in [3.05, 3.63) is 24.2 Å². The molecule has 6 N–H and O–H groups in total. The van der Waals surface area contributed by atoms with Crippen molar-refractivity contribution < 1.29 is 4.79 Å². The van der Waals surface area contributed by atoms with Gasteiger partial charge < -0.3 is 22.1 Å². The van der Waals surface area contributed by atoms with Gasteiger partial charge >= 0.3 is 0 Å². The second kappa shape index (κ2) is 6.44. The topological polar surface area (TPSA) is 98.4 Å². The van der Waals surface area contributed by atoms with E-state index in [1.165, 1.54) is 12.4 Å². The van der Waals surface area contributed by atoms with E-state index >= 15 is 0 Å². The average molecular weight is 252 g/mol. The molecule has 1 heterocycles. The zero-order valence-corrected chi connectivity index (χ0v) is 11.1. The molecule has 1 unspecified atom stereocenters. The Labute approximate surface area is 109 Å². The molecular weight excluding hydrogens is 228 g/mol.